The first-order chi connectivity index (χ1) is 16.4. The van der Waals surface area contributed by atoms with Crippen LogP contribution in [0.15, 0.2) is 83.0 Å². The van der Waals surface area contributed by atoms with Crippen LogP contribution in [0.2, 0.25) is 10.0 Å². The maximum atomic E-state index is 13.5. The van der Waals surface area contributed by atoms with Crippen LogP contribution in [0.25, 0.3) is 17.0 Å². The second kappa shape index (κ2) is 8.93. The molecule has 1 aliphatic heterocycles. The average molecular weight is 495 g/mol. The molecule has 0 spiro atoms. The van der Waals surface area contributed by atoms with Crippen LogP contribution in [0.5, 0.6) is 0 Å². The number of rotatable bonds is 4. The van der Waals surface area contributed by atoms with E-state index in [2.05, 4.69) is 15.5 Å². The maximum absolute atomic E-state index is 13.5. The van der Waals surface area contributed by atoms with Crippen LogP contribution in [0, 0.1) is 5.82 Å². The molecule has 0 bridgehead atoms. The Labute approximate surface area is 204 Å². The first-order valence-electron chi connectivity index (χ1n) is 10.3. The quantitative estimate of drug-likeness (QED) is 0.335. The molecular formula is C25H17Cl2FN4O2. The number of urea groups is 1. The number of nitrogens with one attached hydrogen (secondary N) is 1. The zero-order valence-corrected chi connectivity index (χ0v) is 19.3. The summed E-state index contributed by atoms with van der Waals surface area (Å²) in [5.41, 5.74) is 3.13. The molecule has 0 saturated carbocycles. The molecule has 0 fully saturated rings. The fourth-order valence-corrected chi connectivity index (χ4v) is 4.23. The summed E-state index contributed by atoms with van der Waals surface area (Å²) in [6.45, 7) is 1.78. The van der Waals surface area contributed by atoms with E-state index in [1.54, 1.807) is 49.4 Å². The minimum absolute atomic E-state index is 0.236. The number of allylic oxidation sites excluding steroid dienone is 1. The van der Waals surface area contributed by atoms with Crippen molar-refractivity contribution in [3.05, 3.63) is 106 Å². The van der Waals surface area contributed by atoms with Gasteiger partial charge in [-0.15, -0.1) is 0 Å². The molecule has 170 valence electrons. The largest absolute Gasteiger partial charge is 0.334 e. The standard InChI is InChI=1S/C25H17Cl2FN4O2/c1-14-21(24-30-23(31-34-24)15-5-7-17(26)8-6-15)22(16-3-2-4-18(27)13-16)29-25(33)32(14)20-11-9-19(28)10-12-20/h2-13,22H,1H3,(H,29,33). The average Bonchev–Trinajstić information content (AvgIpc) is 3.30. The van der Waals surface area contributed by atoms with Crippen molar-refractivity contribution >= 4 is 40.5 Å². The molecule has 2 amide bonds. The Balaban J connectivity index is 1.65. The van der Waals surface area contributed by atoms with E-state index < -0.39 is 11.9 Å². The molecule has 1 aliphatic rings. The lowest BCUT2D eigenvalue weighted by Crippen LogP contribution is -2.46. The van der Waals surface area contributed by atoms with Crippen molar-refractivity contribution in [3.63, 3.8) is 0 Å². The number of hydrogen-bond donors (Lipinski definition) is 1. The van der Waals surface area contributed by atoms with Gasteiger partial charge in [-0.25, -0.2) is 9.18 Å². The number of halogens is 3. The summed E-state index contributed by atoms with van der Waals surface area (Å²) in [5.74, 6) is 0.214. The van der Waals surface area contributed by atoms with E-state index in [4.69, 9.17) is 27.7 Å². The second-order valence-electron chi connectivity index (χ2n) is 7.68. The number of amides is 2. The molecule has 0 aliphatic carbocycles. The molecule has 3 aromatic carbocycles. The van der Waals surface area contributed by atoms with E-state index in [-0.39, 0.29) is 11.9 Å². The van der Waals surface area contributed by atoms with E-state index >= 15 is 0 Å². The molecule has 0 radical (unpaired) electrons. The normalized spacial score (nSPS) is 16.1. The molecule has 1 aromatic heterocycles. The Bertz CT molecular complexity index is 1400. The van der Waals surface area contributed by atoms with Crippen molar-refractivity contribution in [2.45, 2.75) is 13.0 Å². The summed E-state index contributed by atoms with van der Waals surface area (Å²) >= 11 is 12.2. The van der Waals surface area contributed by atoms with Crippen LogP contribution in [0.3, 0.4) is 0 Å². The highest BCUT2D eigenvalue weighted by molar-refractivity contribution is 6.31. The number of anilines is 1. The first-order valence-corrected chi connectivity index (χ1v) is 11.1. The van der Waals surface area contributed by atoms with E-state index in [0.29, 0.717) is 32.8 Å². The molecule has 0 saturated heterocycles. The number of aromatic nitrogens is 2. The molecule has 34 heavy (non-hydrogen) atoms. The van der Waals surface area contributed by atoms with Gasteiger partial charge in [-0.05, 0) is 73.2 Å². The third-order valence-electron chi connectivity index (χ3n) is 5.51. The van der Waals surface area contributed by atoms with Gasteiger partial charge in [-0.1, -0.05) is 40.5 Å². The minimum Gasteiger partial charge on any atom is -0.334 e. The van der Waals surface area contributed by atoms with Crippen LogP contribution in [-0.4, -0.2) is 16.2 Å². The predicted molar refractivity (Wildman–Crippen MR) is 129 cm³/mol. The third-order valence-corrected chi connectivity index (χ3v) is 6.00. The molecule has 4 aromatic rings. The van der Waals surface area contributed by atoms with Crippen LogP contribution in [0.1, 0.15) is 24.4 Å². The molecule has 1 N–H and O–H groups in total. The number of benzene rings is 3. The molecule has 1 atom stereocenters. The van der Waals surface area contributed by atoms with Gasteiger partial charge in [-0.3, -0.25) is 4.90 Å². The highest BCUT2D eigenvalue weighted by Crippen LogP contribution is 2.39. The molecule has 9 heteroatoms. The maximum Gasteiger partial charge on any atom is 0.326 e. The Morgan fingerprint density at radius 3 is 2.44 bits per heavy atom. The monoisotopic (exact) mass is 494 g/mol. The van der Waals surface area contributed by atoms with E-state index in [1.807, 2.05) is 6.07 Å². The fourth-order valence-electron chi connectivity index (χ4n) is 3.91. The summed E-state index contributed by atoms with van der Waals surface area (Å²) in [6.07, 6.45) is 0. The van der Waals surface area contributed by atoms with Gasteiger partial charge in [0.25, 0.3) is 5.89 Å². The minimum atomic E-state index is -0.596. The van der Waals surface area contributed by atoms with E-state index in [0.717, 1.165) is 11.1 Å². The van der Waals surface area contributed by atoms with E-state index in [1.165, 1.54) is 29.2 Å². The van der Waals surface area contributed by atoms with Crippen molar-refractivity contribution in [1.82, 2.24) is 15.5 Å². The summed E-state index contributed by atoms with van der Waals surface area (Å²) in [7, 11) is 0. The van der Waals surface area contributed by atoms with Gasteiger partial charge >= 0.3 is 6.03 Å². The van der Waals surface area contributed by atoms with E-state index in [9.17, 15) is 9.18 Å². The Morgan fingerprint density at radius 1 is 1.00 bits per heavy atom. The summed E-state index contributed by atoms with van der Waals surface area (Å²) in [6, 6.07) is 18.9. The Morgan fingerprint density at radius 2 is 1.74 bits per heavy atom. The van der Waals surface area contributed by atoms with Crippen molar-refractivity contribution in [3.8, 4) is 11.4 Å². The zero-order valence-electron chi connectivity index (χ0n) is 17.8. The Kier molecular flexibility index (Phi) is 5.81. The summed E-state index contributed by atoms with van der Waals surface area (Å²) in [4.78, 5) is 19.2. The first kappa shape index (κ1) is 22.1. The van der Waals surface area contributed by atoms with Gasteiger partial charge in [0.2, 0.25) is 5.82 Å². The number of hydrogen-bond acceptors (Lipinski definition) is 4. The van der Waals surface area contributed by atoms with Crippen LogP contribution >= 0.6 is 23.2 Å². The van der Waals surface area contributed by atoms with Crippen LogP contribution < -0.4 is 10.2 Å². The third kappa shape index (κ3) is 4.16. The van der Waals surface area contributed by atoms with Crippen molar-refractivity contribution in [1.29, 1.82) is 0 Å². The lowest BCUT2D eigenvalue weighted by Gasteiger charge is -2.35. The number of carbonyl (C=O) groups excluding carboxylic acids is 1. The lowest BCUT2D eigenvalue weighted by atomic mass is 9.94. The number of carbonyl (C=O) groups is 1. The molecular weight excluding hydrogens is 478 g/mol. The number of nitrogens with zero attached hydrogens (tertiary/aromatic N) is 3. The topological polar surface area (TPSA) is 71.3 Å². The van der Waals surface area contributed by atoms with Gasteiger partial charge in [-0.2, -0.15) is 4.98 Å². The second-order valence-corrected chi connectivity index (χ2v) is 8.55. The Hall–Kier alpha value is -3.68. The summed E-state index contributed by atoms with van der Waals surface area (Å²) < 4.78 is 19.2. The lowest BCUT2D eigenvalue weighted by molar-refractivity contribution is 0.244. The fraction of sp³-hybridized carbons (Fsp3) is 0.0800. The zero-order chi connectivity index (χ0) is 23.8. The van der Waals surface area contributed by atoms with Gasteiger partial charge in [0.05, 0.1) is 17.3 Å². The van der Waals surface area contributed by atoms with Crippen LogP contribution in [-0.2, 0) is 0 Å². The van der Waals surface area contributed by atoms with Crippen molar-refractivity contribution in [2.75, 3.05) is 4.90 Å². The molecule has 5 rings (SSSR count). The van der Waals surface area contributed by atoms with Gasteiger partial charge in [0.15, 0.2) is 0 Å². The molecule has 1 unspecified atom stereocenters. The summed E-state index contributed by atoms with van der Waals surface area (Å²) in [5, 5.41) is 8.24. The molecule has 2 heterocycles. The van der Waals surface area contributed by atoms with Gasteiger partial charge in [0, 0.05) is 21.3 Å². The van der Waals surface area contributed by atoms with Crippen LogP contribution in [0.4, 0.5) is 14.9 Å². The smallest absolute Gasteiger partial charge is 0.326 e. The van der Waals surface area contributed by atoms with Gasteiger partial charge in [0.1, 0.15) is 5.82 Å². The SMILES string of the molecule is CC1=C(c2nc(-c3ccc(Cl)cc3)no2)C(c2cccc(Cl)c2)NC(=O)N1c1ccc(F)cc1. The van der Waals surface area contributed by atoms with Crippen molar-refractivity contribution in [2.24, 2.45) is 0 Å². The highest BCUT2D eigenvalue weighted by Gasteiger charge is 2.36. The van der Waals surface area contributed by atoms with Crippen molar-refractivity contribution < 1.29 is 13.7 Å². The molecule has 6 nitrogen and oxygen atoms in total. The van der Waals surface area contributed by atoms with Gasteiger partial charge < -0.3 is 9.84 Å². The highest BCUT2D eigenvalue weighted by atomic mass is 35.5. The predicted octanol–water partition coefficient (Wildman–Crippen LogP) is 6.88.